The van der Waals surface area contributed by atoms with Crippen molar-refractivity contribution in [3.63, 3.8) is 0 Å². The van der Waals surface area contributed by atoms with Crippen LogP contribution in [0.15, 0.2) is 30.9 Å². The Labute approximate surface area is 127 Å². The fourth-order valence-corrected chi connectivity index (χ4v) is 2.45. The predicted molar refractivity (Wildman–Crippen MR) is 81.9 cm³/mol. The maximum atomic E-state index is 9.36. The molecule has 22 heavy (non-hydrogen) atoms. The molecule has 0 saturated carbocycles. The summed E-state index contributed by atoms with van der Waals surface area (Å²) in [5.41, 5.74) is 9.29. The first kappa shape index (κ1) is 14.1. The van der Waals surface area contributed by atoms with Gasteiger partial charge in [0.1, 0.15) is 12.3 Å². The zero-order valence-electron chi connectivity index (χ0n) is 12.4. The number of aromatic nitrogens is 4. The van der Waals surface area contributed by atoms with E-state index in [4.69, 9.17) is 10.5 Å². The number of ether oxygens (including phenoxy) is 1. The lowest BCUT2D eigenvalue weighted by Gasteiger charge is -2.11. The SMILES string of the molecule is CCOC(C)n1cc(-c2c(C#N)cnn3cc(N)cc23)cn1. The second kappa shape index (κ2) is 5.50. The summed E-state index contributed by atoms with van der Waals surface area (Å²) in [6, 6.07) is 3.97. The molecule has 7 nitrogen and oxygen atoms in total. The molecule has 3 heterocycles. The third-order valence-corrected chi connectivity index (χ3v) is 3.45. The van der Waals surface area contributed by atoms with Crippen molar-refractivity contribution in [3.05, 3.63) is 36.4 Å². The van der Waals surface area contributed by atoms with E-state index < -0.39 is 0 Å². The van der Waals surface area contributed by atoms with Crippen molar-refractivity contribution < 1.29 is 4.74 Å². The summed E-state index contributed by atoms with van der Waals surface area (Å²) >= 11 is 0. The van der Waals surface area contributed by atoms with Gasteiger partial charge in [0.15, 0.2) is 0 Å². The van der Waals surface area contributed by atoms with Gasteiger partial charge in [0.25, 0.3) is 0 Å². The highest BCUT2D eigenvalue weighted by Crippen LogP contribution is 2.29. The second-order valence-electron chi connectivity index (χ2n) is 4.91. The molecule has 0 aliphatic carbocycles. The van der Waals surface area contributed by atoms with Gasteiger partial charge in [-0.25, -0.2) is 9.20 Å². The first-order valence-electron chi connectivity index (χ1n) is 6.97. The van der Waals surface area contributed by atoms with E-state index in [-0.39, 0.29) is 6.23 Å². The Morgan fingerprint density at radius 3 is 2.91 bits per heavy atom. The van der Waals surface area contributed by atoms with E-state index in [9.17, 15) is 5.26 Å². The van der Waals surface area contributed by atoms with Gasteiger partial charge in [-0.3, -0.25) is 0 Å². The number of nitriles is 1. The zero-order valence-corrected chi connectivity index (χ0v) is 12.4. The number of nitrogen functional groups attached to an aromatic ring is 1. The molecule has 3 aromatic rings. The number of nitrogens with two attached hydrogens (primary N) is 1. The number of nitrogens with zero attached hydrogens (tertiary/aromatic N) is 5. The number of rotatable bonds is 4. The minimum absolute atomic E-state index is 0.168. The molecule has 0 aromatic carbocycles. The highest BCUT2D eigenvalue weighted by atomic mass is 16.5. The predicted octanol–water partition coefficient (Wildman–Crippen LogP) is 2.21. The quantitative estimate of drug-likeness (QED) is 0.796. The van der Waals surface area contributed by atoms with Gasteiger partial charge in [-0.2, -0.15) is 15.5 Å². The first-order valence-corrected chi connectivity index (χ1v) is 6.97. The van der Waals surface area contributed by atoms with Crippen molar-refractivity contribution in [1.29, 1.82) is 5.26 Å². The number of fused-ring (bicyclic) bond motifs is 1. The Balaban J connectivity index is 2.15. The Bertz CT molecular complexity index is 857. The summed E-state index contributed by atoms with van der Waals surface area (Å²) in [6.45, 7) is 4.46. The zero-order chi connectivity index (χ0) is 15.7. The molecule has 0 aliphatic rings. The van der Waals surface area contributed by atoms with Crippen molar-refractivity contribution in [2.75, 3.05) is 12.3 Å². The lowest BCUT2D eigenvalue weighted by Crippen LogP contribution is -2.09. The largest absolute Gasteiger partial charge is 0.397 e. The van der Waals surface area contributed by atoms with E-state index in [2.05, 4.69) is 16.3 Å². The molecule has 1 unspecified atom stereocenters. The van der Waals surface area contributed by atoms with Crippen LogP contribution in [0.4, 0.5) is 5.69 Å². The second-order valence-corrected chi connectivity index (χ2v) is 4.91. The lowest BCUT2D eigenvalue weighted by atomic mass is 10.1. The number of anilines is 1. The number of hydrogen-bond acceptors (Lipinski definition) is 5. The molecule has 3 rings (SSSR count). The van der Waals surface area contributed by atoms with Crippen LogP contribution in [0.2, 0.25) is 0 Å². The van der Waals surface area contributed by atoms with Crippen LogP contribution in [0.25, 0.3) is 16.6 Å². The Morgan fingerprint density at radius 2 is 2.18 bits per heavy atom. The molecule has 0 saturated heterocycles. The highest BCUT2D eigenvalue weighted by molar-refractivity contribution is 5.85. The molecule has 3 aromatic heterocycles. The molecule has 0 aliphatic heterocycles. The van der Waals surface area contributed by atoms with Gasteiger partial charge in [-0.1, -0.05) is 0 Å². The average Bonchev–Trinajstić information content (AvgIpc) is 3.11. The smallest absolute Gasteiger partial charge is 0.147 e. The molecule has 0 radical (unpaired) electrons. The Hall–Kier alpha value is -2.85. The summed E-state index contributed by atoms with van der Waals surface area (Å²) in [4.78, 5) is 0. The van der Waals surface area contributed by atoms with Crippen LogP contribution in [0.3, 0.4) is 0 Å². The van der Waals surface area contributed by atoms with Gasteiger partial charge in [0.05, 0.1) is 35.4 Å². The number of hydrogen-bond donors (Lipinski definition) is 1. The molecule has 7 heteroatoms. The first-order chi connectivity index (χ1) is 10.6. The van der Waals surface area contributed by atoms with Crippen molar-refractivity contribution in [3.8, 4) is 17.2 Å². The molecule has 1 atom stereocenters. The molecular weight excluding hydrogens is 280 g/mol. The highest BCUT2D eigenvalue weighted by Gasteiger charge is 2.15. The maximum Gasteiger partial charge on any atom is 0.147 e. The fraction of sp³-hybridized carbons (Fsp3) is 0.267. The summed E-state index contributed by atoms with van der Waals surface area (Å²) in [5.74, 6) is 0. The third-order valence-electron chi connectivity index (χ3n) is 3.45. The van der Waals surface area contributed by atoms with E-state index in [1.54, 1.807) is 27.7 Å². The fourth-order valence-electron chi connectivity index (χ4n) is 2.45. The minimum Gasteiger partial charge on any atom is -0.397 e. The van der Waals surface area contributed by atoms with E-state index in [1.807, 2.05) is 20.0 Å². The van der Waals surface area contributed by atoms with Crippen LogP contribution in [-0.2, 0) is 4.74 Å². The van der Waals surface area contributed by atoms with E-state index >= 15 is 0 Å². The van der Waals surface area contributed by atoms with Gasteiger partial charge in [-0.15, -0.1) is 0 Å². The minimum atomic E-state index is -0.168. The van der Waals surface area contributed by atoms with Gasteiger partial charge in [0.2, 0.25) is 0 Å². The normalized spacial score (nSPS) is 12.4. The van der Waals surface area contributed by atoms with Gasteiger partial charge in [-0.05, 0) is 19.9 Å². The Morgan fingerprint density at radius 1 is 1.36 bits per heavy atom. The van der Waals surface area contributed by atoms with Crippen LogP contribution >= 0.6 is 0 Å². The van der Waals surface area contributed by atoms with Gasteiger partial charge < -0.3 is 10.5 Å². The summed E-state index contributed by atoms with van der Waals surface area (Å²) in [7, 11) is 0. The van der Waals surface area contributed by atoms with Gasteiger partial charge in [0, 0.05) is 23.9 Å². The van der Waals surface area contributed by atoms with Crippen LogP contribution in [-0.4, -0.2) is 26.0 Å². The lowest BCUT2D eigenvalue weighted by molar-refractivity contribution is 0.0160. The van der Waals surface area contributed by atoms with Crippen LogP contribution in [0.1, 0.15) is 25.6 Å². The molecule has 0 spiro atoms. The molecule has 112 valence electrons. The van der Waals surface area contributed by atoms with Crippen LogP contribution in [0.5, 0.6) is 0 Å². The van der Waals surface area contributed by atoms with Crippen LogP contribution in [0, 0.1) is 11.3 Å². The summed E-state index contributed by atoms with van der Waals surface area (Å²) in [6.07, 6.45) is 6.66. The third kappa shape index (κ3) is 2.29. The van der Waals surface area contributed by atoms with E-state index in [0.29, 0.717) is 17.9 Å². The molecular formula is C15H16N6O. The maximum absolute atomic E-state index is 9.36. The van der Waals surface area contributed by atoms with E-state index in [0.717, 1.165) is 16.6 Å². The standard InChI is InChI=1S/C15H16N6O/c1-3-22-10(2)20-8-12(7-18-20)15-11(5-16)6-19-21-9-13(17)4-14(15)21/h4,6-10H,3,17H2,1-2H3. The monoisotopic (exact) mass is 296 g/mol. The molecule has 0 bridgehead atoms. The van der Waals surface area contributed by atoms with Crippen molar-refractivity contribution in [2.45, 2.75) is 20.1 Å². The Kier molecular flexibility index (Phi) is 3.53. The summed E-state index contributed by atoms with van der Waals surface area (Å²) < 4.78 is 8.91. The molecule has 0 amide bonds. The summed E-state index contributed by atoms with van der Waals surface area (Å²) in [5, 5.41) is 17.9. The topological polar surface area (TPSA) is 94.2 Å². The van der Waals surface area contributed by atoms with Crippen LogP contribution < -0.4 is 5.73 Å². The average molecular weight is 296 g/mol. The van der Waals surface area contributed by atoms with Gasteiger partial charge >= 0.3 is 0 Å². The van der Waals surface area contributed by atoms with Crippen molar-refractivity contribution in [1.82, 2.24) is 19.4 Å². The molecule has 0 fully saturated rings. The van der Waals surface area contributed by atoms with Crippen molar-refractivity contribution >= 4 is 11.2 Å². The molecule has 2 N–H and O–H groups in total. The van der Waals surface area contributed by atoms with Crippen molar-refractivity contribution in [2.24, 2.45) is 0 Å². The van der Waals surface area contributed by atoms with E-state index in [1.165, 1.54) is 6.20 Å².